The number of halogens is 3. The van der Waals surface area contributed by atoms with E-state index in [-0.39, 0.29) is 21.2 Å². The zero-order chi connectivity index (χ0) is 19.2. The highest BCUT2D eigenvalue weighted by Crippen LogP contribution is 2.31. The number of nitrogens with zero attached hydrogens (tertiary/aromatic N) is 2. The fraction of sp³-hybridized carbons (Fsp3) is 0.0625. The van der Waals surface area contributed by atoms with Gasteiger partial charge in [0, 0.05) is 5.69 Å². The van der Waals surface area contributed by atoms with Crippen LogP contribution in [0.15, 0.2) is 41.2 Å². The molecule has 10 heteroatoms. The maximum Gasteiger partial charge on any atom is 0.450 e. The van der Waals surface area contributed by atoms with E-state index in [1.165, 1.54) is 18.2 Å². The summed E-state index contributed by atoms with van der Waals surface area (Å²) in [6.45, 7) is 0. The number of alkyl halides is 3. The van der Waals surface area contributed by atoms with Crippen molar-refractivity contribution in [3.63, 3.8) is 0 Å². The van der Waals surface area contributed by atoms with Crippen molar-refractivity contribution in [2.75, 3.05) is 5.73 Å². The number of nitrogens with two attached hydrogens (primary N) is 1. The van der Waals surface area contributed by atoms with E-state index < -0.39 is 40.5 Å². The molecule has 3 aromatic rings. The Hall–Kier alpha value is -3.56. The molecule has 0 aliphatic heterocycles. The Morgan fingerprint density at radius 1 is 1.15 bits per heavy atom. The van der Waals surface area contributed by atoms with E-state index in [9.17, 15) is 27.9 Å². The van der Waals surface area contributed by atoms with Gasteiger partial charge in [0.05, 0.1) is 16.6 Å². The molecule has 0 unspecified atom stereocenters. The first-order valence-electron chi connectivity index (χ1n) is 7.06. The largest absolute Gasteiger partial charge is 0.507 e. The molecule has 0 saturated heterocycles. The third kappa shape index (κ3) is 2.81. The molecule has 0 aliphatic rings. The summed E-state index contributed by atoms with van der Waals surface area (Å²) in [5, 5.41) is 18.4. The van der Waals surface area contributed by atoms with Crippen LogP contribution in [0.25, 0.3) is 16.6 Å². The summed E-state index contributed by atoms with van der Waals surface area (Å²) in [5.41, 5.74) is 3.39. The number of carboxylic acid groups (broad SMARTS) is 1. The number of hydrogen-bond donors (Lipinski definition) is 3. The van der Waals surface area contributed by atoms with Crippen molar-refractivity contribution in [3.8, 4) is 11.4 Å². The second kappa shape index (κ2) is 5.76. The minimum absolute atomic E-state index is 0.152. The summed E-state index contributed by atoms with van der Waals surface area (Å²) in [6, 6.07) is 6.30. The lowest BCUT2D eigenvalue weighted by molar-refractivity contribution is -0.146. The SMILES string of the molecule is Nc1ccc2nc(C(F)(F)F)n(-c3ccc(O)c(C(=O)O)c3)c(=O)c2c1. The van der Waals surface area contributed by atoms with E-state index in [1.54, 1.807) is 0 Å². The number of hydrogen-bond acceptors (Lipinski definition) is 5. The quantitative estimate of drug-likeness (QED) is 0.600. The van der Waals surface area contributed by atoms with Crippen LogP contribution < -0.4 is 11.3 Å². The number of nitrogen functional groups attached to an aromatic ring is 1. The van der Waals surface area contributed by atoms with Gasteiger partial charge in [-0.1, -0.05) is 0 Å². The number of aromatic nitrogens is 2. The molecule has 1 heterocycles. The molecule has 0 atom stereocenters. The number of phenols is 1. The first-order valence-corrected chi connectivity index (χ1v) is 7.06. The Morgan fingerprint density at radius 3 is 2.46 bits per heavy atom. The van der Waals surface area contributed by atoms with Crippen LogP contribution in [0.3, 0.4) is 0 Å². The third-order valence-electron chi connectivity index (χ3n) is 3.61. The van der Waals surface area contributed by atoms with E-state index in [4.69, 9.17) is 10.8 Å². The third-order valence-corrected chi connectivity index (χ3v) is 3.61. The lowest BCUT2D eigenvalue weighted by Gasteiger charge is -2.16. The molecule has 2 aromatic carbocycles. The standard InChI is InChI=1S/C16H10F3N3O4/c17-16(18,19)15-21-11-3-1-7(20)5-9(11)13(24)22(15)8-2-4-12(23)10(6-8)14(25)26/h1-6,23H,20H2,(H,25,26). The molecular formula is C16H10F3N3O4. The highest BCUT2D eigenvalue weighted by Gasteiger charge is 2.38. The Labute approximate surface area is 142 Å². The number of aromatic hydroxyl groups is 1. The fourth-order valence-corrected chi connectivity index (χ4v) is 2.47. The number of carbonyl (C=O) groups is 1. The maximum absolute atomic E-state index is 13.4. The van der Waals surface area contributed by atoms with Crippen LogP contribution in [-0.4, -0.2) is 25.7 Å². The smallest absolute Gasteiger partial charge is 0.450 e. The van der Waals surface area contributed by atoms with Gasteiger partial charge in [0.15, 0.2) is 0 Å². The molecular weight excluding hydrogens is 355 g/mol. The first-order chi connectivity index (χ1) is 12.1. The Kier molecular flexibility index (Phi) is 3.82. The zero-order valence-corrected chi connectivity index (χ0v) is 12.8. The highest BCUT2D eigenvalue weighted by molar-refractivity contribution is 5.91. The van der Waals surface area contributed by atoms with Crippen molar-refractivity contribution in [1.82, 2.24) is 9.55 Å². The van der Waals surface area contributed by atoms with Crippen molar-refractivity contribution < 1.29 is 28.2 Å². The average molecular weight is 365 g/mol. The molecule has 134 valence electrons. The predicted molar refractivity (Wildman–Crippen MR) is 85.4 cm³/mol. The van der Waals surface area contributed by atoms with Crippen molar-refractivity contribution >= 4 is 22.6 Å². The monoisotopic (exact) mass is 365 g/mol. The molecule has 4 N–H and O–H groups in total. The van der Waals surface area contributed by atoms with Gasteiger partial charge >= 0.3 is 12.1 Å². The number of aromatic carboxylic acids is 1. The van der Waals surface area contributed by atoms with Crippen molar-refractivity contribution in [2.24, 2.45) is 0 Å². The molecule has 3 rings (SSSR count). The topological polar surface area (TPSA) is 118 Å². The summed E-state index contributed by atoms with van der Waals surface area (Å²) in [5.74, 6) is -3.74. The highest BCUT2D eigenvalue weighted by atomic mass is 19.4. The van der Waals surface area contributed by atoms with Crippen LogP contribution in [0.4, 0.5) is 18.9 Å². The number of anilines is 1. The Morgan fingerprint density at radius 2 is 1.85 bits per heavy atom. The van der Waals surface area contributed by atoms with Gasteiger partial charge in [-0.15, -0.1) is 0 Å². The average Bonchev–Trinajstić information content (AvgIpc) is 2.55. The lowest BCUT2D eigenvalue weighted by atomic mass is 10.1. The summed E-state index contributed by atoms with van der Waals surface area (Å²) < 4.78 is 40.6. The number of carboxylic acids is 1. The summed E-state index contributed by atoms with van der Waals surface area (Å²) in [6.07, 6.45) is -4.99. The number of fused-ring (bicyclic) bond motifs is 1. The summed E-state index contributed by atoms with van der Waals surface area (Å²) in [7, 11) is 0. The molecule has 0 bridgehead atoms. The molecule has 0 aliphatic carbocycles. The van der Waals surface area contributed by atoms with Crippen molar-refractivity contribution in [2.45, 2.75) is 6.18 Å². The van der Waals surface area contributed by atoms with E-state index in [0.29, 0.717) is 0 Å². The molecule has 0 radical (unpaired) electrons. The van der Waals surface area contributed by atoms with Crippen LogP contribution in [0.5, 0.6) is 5.75 Å². The fourth-order valence-electron chi connectivity index (χ4n) is 2.47. The van der Waals surface area contributed by atoms with Crippen LogP contribution >= 0.6 is 0 Å². The van der Waals surface area contributed by atoms with Crippen LogP contribution in [0, 0.1) is 0 Å². The molecule has 26 heavy (non-hydrogen) atoms. The van der Waals surface area contributed by atoms with E-state index in [1.807, 2.05) is 0 Å². The minimum atomic E-state index is -4.99. The second-order valence-electron chi connectivity index (χ2n) is 5.36. The number of rotatable bonds is 2. The summed E-state index contributed by atoms with van der Waals surface area (Å²) >= 11 is 0. The zero-order valence-electron chi connectivity index (χ0n) is 12.8. The van der Waals surface area contributed by atoms with E-state index in [0.717, 1.165) is 18.2 Å². The molecule has 0 fully saturated rings. The Balaban J connectivity index is 2.45. The van der Waals surface area contributed by atoms with Gasteiger partial charge in [-0.25, -0.2) is 9.78 Å². The van der Waals surface area contributed by atoms with Gasteiger partial charge in [0.1, 0.15) is 11.3 Å². The maximum atomic E-state index is 13.4. The molecule has 7 nitrogen and oxygen atoms in total. The van der Waals surface area contributed by atoms with Crippen LogP contribution in [0.2, 0.25) is 0 Å². The molecule has 0 saturated carbocycles. The van der Waals surface area contributed by atoms with Crippen molar-refractivity contribution in [1.29, 1.82) is 0 Å². The van der Waals surface area contributed by atoms with Gasteiger partial charge < -0.3 is 15.9 Å². The minimum Gasteiger partial charge on any atom is -0.507 e. The molecule has 1 aromatic heterocycles. The summed E-state index contributed by atoms with van der Waals surface area (Å²) in [4.78, 5) is 27.3. The number of benzene rings is 2. The molecule has 0 spiro atoms. The molecule has 0 amide bonds. The van der Waals surface area contributed by atoms with Crippen LogP contribution in [-0.2, 0) is 6.18 Å². The van der Waals surface area contributed by atoms with E-state index in [2.05, 4.69) is 4.98 Å². The Bertz CT molecular complexity index is 1110. The second-order valence-corrected chi connectivity index (χ2v) is 5.36. The van der Waals surface area contributed by atoms with Gasteiger partial charge in [0.2, 0.25) is 5.82 Å². The lowest BCUT2D eigenvalue weighted by Crippen LogP contribution is -2.29. The van der Waals surface area contributed by atoms with Gasteiger partial charge in [0.25, 0.3) is 5.56 Å². The first kappa shape index (κ1) is 17.3. The van der Waals surface area contributed by atoms with Crippen LogP contribution in [0.1, 0.15) is 16.2 Å². The van der Waals surface area contributed by atoms with Gasteiger partial charge in [-0.05, 0) is 36.4 Å². The van der Waals surface area contributed by atoms with Crippen molar-refractivity contribution in [3.05, 3.63) is 58.1 Å². The normalized spacial score (nSPS) is 11.7. The van der Waals surface area contributed by atoms with Gasteiger partial charge in [-0.2, -0.15) is 13.2 Å². The predicted octanol–water partition coefficient (Wildman–Crippen LogP) is 2.39. The van der Waals surface area contributed by atoms with E-state index >= 15 is 0 Å². The van der Waals surface area contributed by atoms with Gasteiger partial charge in [-0.3, -0.25) is 9.36 Å².